The summed E-state index contributed by atoms with van der Waals surface area (Å²) in [5.41, 5.74) is 0. The quantitative estimate of drug-likeness (QED) is 0.0169. The van der Waals surface area contributed by atoms with Gasteiger partial charge in [-0.25, -0.2) is 9.13 Å². The SMILES string of the molecule is CCCCCC/C=C\C=C/CCCCCCCC(=O)OC[C@H](COP(=O)(O)OC[C@@H](O)COP(=O)(O)OC[C@@H](COC(=O)CCCCCCCCC(C)CC)OC(=O)CCCCCCCCCCCCCCC)OC(=O)CCCCCCCCCCCCCCCCCCCCCC. The van der Waals surface area contributed by atoms with Crippen molar-refractivity contribution in [2.45, 2.75) is 412 Å². The molecule has 0 bridgehead atoms. The molecule has 3 N–H and O–H groups in total. The van der Waals surface area contributed by atoms with Gasteiger partial charge in [-0.05, 0) is 57.3 Å². The van der Waals surface area contributed by atoms with Gasteiger partial charge in [-0.1, -0.05) is 341 Å². The summed E-state index contributed by atoms with van der Waals surface area (Å²) in [5, 5.41) is 10.6. The molecule has 0 aliphatic carbocycles. The predicted molar refractivity (Wildman–Crippen MR) is 400 cm³/mol. The second-order valence-electron chi connectivity index (χ2n) is 28.0. The van der Waals surface area contributed by atoms with Crippen molar-refractivity contribution in [3.05, 3.63) is 24.3 Å². The number of hydrogen-bond donors (Lipinski definition) is 3. The summed E-state index contributed by atoms with van der Waals surface area (Å²) in [5.74, 6) is -1.41. The second kappa shape index (κ2) is 71.5. The molecule has 0 saturated heterocycles. The van der Waals surface area contributed by atoms with E-state index in [-0.39, 0.29) is 25.7 Å². The van der Waals surface area contributed by atoms with Crippen LogP contribution in [0.15, 0.2) is 24.3 Å². The predicted octanol–water partition coefficient (Wildman–Crippen LogP) is 23.2. The number of allylic oxidation sites excluding steroid dienone is 4. The van der Waals surface area contributed by atoms with Crippen molar-refractivity contribution in [3.63, 3.8) is 0 Å². The highest BCUT2D eigenvalue weighted by molar-refractivity contribution is 7.47. The summed E-state index contributed by atoms with van der Waals surface area (Å²) in [6.45, 7) is 7.20. The van der Waals surface area contributed by atoms with Crippen LogP contribution in [0.1, 0.15) is 394 Å². The minimum atomic E-state index is -4.97. The van der Waals surface area contributed by atoms with E-state index in [0.29, 0.717) is 25.7 Å². The molecule has 0 aliphatic heterocycles. The molecule has 0 rings (SSSR count). The number of rotatable bonds is 77. The fourth-order valence-corrected chi connectivity index (χ4v) is 13.2. The number of carbonyl (C=O) groups is 4. The molecule has 17 nitrogen and oxygen atoms in total. The van der Waals surface area contributed by atoms with Crippen molar-refractivity contribution < 1.29 is 80.2 Å². The highest BCUT2D eigenvalue weighted by Gasteiger charge is 2.30. The monoisotopic (exact) mass is 1430 g/mol. The summed E-state index contributed by atoms with van der Waals surface area (Å²) < 4.78 is 68.6. The van der Waals surface area contributed by atoms with E-state index in [2.05, 4.69) is 58.9 Å². The Morgan fingerprint density at radius 2 is 0.571 bits per heavy atom. The van der Waals surface area contributed by atoms with E-state index in [1.54, 1.807) is 0 Å². The molecule has 0 saturated carbocycles. The highest BCUT2D eigenvalue weighted by atomic mass is 31.2. The molecule has 0 spiro atoms. The topological polar surface area (TPSA) is 237 Å². The molecule has 0 aromatic rings. The molecule has 578 valence electrons. The molecule has 0 aliphatic rings. The van der Waals surface area contributed by atoms with Crippen LogP contribution in [0.25, 0.3) is 0 Å². The number of aliphatic hydroxyl groups is 1. The second-order valence-corrected chi connectivity index (χ2v) is 30.9. The number of carbonyl (C=O) groups excluding carboxylic acids is 4. The molecule has 0 heterocycles. The fraction of sp³-hybridized carbons (Fsp3) is 0.899. The number of phosphoric acid groups is 2. The average molecular weight is 1430 g/mol. The van der Waals surface area contributed by atoms with Gasteiger partial charge in [-0.15, -0.1) is 0 Å². The summed E-state index contributed by atoms with van der Waals surface area (Å²) in [4.78, 5) is 72.9. The average Bonchev–Trinajstić information content (AvgIpc) is 0.954. The van der Waals surface area contributed by atoms with Gasteiger partial charge in [0.15, 0.2) is 12.2 Å². The number of hydrogen-bond acceptors (Lipinski definition) is 15. The van der Waals surface area contributed by atoms with Crippen LogP contribution in [0.5, 0.6) is 0 Å². The van der Waals surface area contributed by atoms with Crippen LogP contribution in [-0.4, -0.2) is 96.7 Å². The van der Waals surface area contributed by atoms with E-state index in [1.165, 1.54) is 193 Å². The number of esters is 4. The van der Waals surface area contributed by atoms with Gasteiger partial charge in [-0.3, -0.25) is 37.3 Å². The van der Waals surface area contributed by atoms with Gasteiger partial charge >= 0.3 is 39.5 Å². The van der Waals surface area contributed by atoms with Crippen LogP contribution in [-0.2, 0) is 65.4 Å². The first-order valence-electron chi connectivity index (χ1n) is 40.5. The Bertz CT molecular complexity index is 1970. The van der Waals surface area contributed by atoms with E-state index < -0.39 is 97.5 Å². The van der Waals surface area contributed by atoms with Crippen LogP contribution in [0.4, 0.5) is 0 Å². The summed E-state index contributed by atoms with van der Waals surface area (Å²) in [6, 6.07) is 0. The van der Waals surface area contributed by atoms with Crippen LogP contribution < -0.4 is 0 Å². The van der Waals surface area contributed by atoms with E-state index >= 15 is 0 Å². The van der Waals surface area contributed by atoms with Gasteiger partial charge in [0.2, 0.25) is 0 Å². The van der Waals surface area contributed by atoms with Crippen molar-refractivity contribution in [2.75, 3.05) is 39.6 Å². The summed E-state index contributed by atoms with van der Waals surface area (Å²) >= 11 is 0. The standard InChI is InChI=1S/C79H150O17P2/c1-6-10-13-16-19-22-25-28-30-31-32-33-34-36-39-42-45-48-55-60-65-78(83)95-74(68-89-76(81)62-57-52-46-43-40-38-35-29-26-23-20-17-14-11-7-2)70-93-97(85,86)91-66-73(80)67-92-98(87,88)94-71-75(69-90-77(82)63-58-53-50-49-51-56-61-72(5)9-4)96-79(84)64-59-54-47-44-41-37-27-24-21-18-15-12-8-3/h23,26,29,35,72-75,80H,6-22,24-25,27-28,30-34,36-71H2,1-5H3,(H,85,86)(H,87,88)/b26-23-,35-29-/t72?,73-,74-,75-/m1/s1. The zero-order chi connectivity index (χ0) is 71.9. The normalized spacial score (nSPS) is 14.3. The Labute approximate surface area is 599 Å². The maximum absolute atomic E-state index is 13.1. The molecular formula is C79H150O17P2. The molecule has 0 radical (unpaired) electrons. The van der Waals surface area contributed by atoms with Crippen molar-refractivity contribution in [1.29, 1.82) is 0 Å². The smallest absolute Gasteiger partial charge is 0.462 e. The Morgan fingerprint density at radius 3 is 0.867 bits per heavy atom. The largest absolute Gasteiger partial charge is 0.472 e. The third-order valence-electron chi connectivity index (χ3n) is 18.3. The molecule has 98 heavy (non-hydrogen) atoms. The lowest BCUT2D eigenvalue weighted by Gasteiger charge is -2.21. The Hall–Kier alpha value is -2.46. The zero-order valence-corrected chi connectivity index (χ0v) is 65.2. The lowest BCUT2D eigenvalue weighted by Crippen LogP contribution is -2.30. The zero-order valence-electron chi connectivity index (χ0n) is 63.4. The Kier molecular flexibility index (Phi) is 69.7. The van der Waals surface area contributed by atoms with Crippen molar-refractivity contribution in [1.82, 2.24) is 0 Å². The van der Waals surface area contributed by atoms with E-state index in [4.69, 9.17) is 37.0 Å². The number of aliphatic hydroxyl groups excluding tert-OH is 1. The first-order chi connectivity index (χ1) is 47.6. The lowest BCUT2D eigenvalue weighted by atomic mass is 10.00. The van der Waals surface area contributed by atoms with E-state index in [1.807, 2.05) is 0 Å². The number of ether oxygens (including phenoxy) is 4. The molecule has 0 fully saturated rings. The number of phosphoric ester groups is 2. The fourth-order valence-electron chi connectivity index (χ4n) is 11.7. The van der Waals surface area contributed by atoms with Crippen LogP contribution in [0.3, 0.4) is 0 Å². The van der Waals surface area contributed by atoms with Crippen molar-refractivity contribution >= 4 is 39.5 Å². The van der Waals surface area contributed by atoms with Crippen LogP contribution in [0, 0.1) is 5.92 Å². The van der Waals surface area contributed by atoms with Gasteiger partial charge in [0.25, 0.3) is 0 Å². The minimum absolute atomic E-state index is 0.102. The molecule has 3 unspecified atom stereocenters. The summed E-state index contributed by atoms with van der Waals surface area (Å²) in [7, 11) is -9.93. The Balaban J connectivity index is 5.26. The third-order valence-corrected chi connectivity index (χ3v) is 20.2. The van der Waals surface area contributed by atoms with Gasteiger partial charge in [0.05, 0.1) is 26.4 Å². The molecule has 6 atom stereocenters. The minimum Gasteiger partial charge on any atom is -0.462 e. The Morgan fingerprint density at radius 1 is 0.327 bits per heavy atom. The number of unbranched alkanes of at least 4 members (excludes halogenated alkanes) is 45. The molecule has 0 aromatic heterocycles. The maximum Gasteiger partial charge on any atom is 0.472 e. The van der Waals surface area contributed by atoms with Gasteiger partial charge in [0.1, 0.15) is 19.3 Å². The van der Waals surface area contributed by atoms with E-state index in [9.17, 15) is 43.2 Å². The van der Waals surface area contributed by atoms with Crippen LogP contribution >= 0.6 is 15.6 Å². The highest BCUT2D eigenvalue weighted by Crippen LogP contribution is 2.45. The first kappa shape index (κ1) is 95.5. The van der Waals surface area contributed by atoms with E-state index in [0.717, 1.165) is 121 Å². The first-order valence-corrected chi connectivity index (χ1v) is 43.5. The van der Waals surface area contributed by atoms with Crippen LogP contribution in [0.2, 0.25) is 0 Å². The lowest BCUT2D eigenvalue weighted by molar-refractivity contribution is -0.161. The van der Waals surface area contributed by atoms with Gasteiger partial charge < -0.3 is 33.8 Å². The molecule has 0 amide bonds. The van der Waals surface area contributed by atoms with Crippen molar-refractivity contribution in [2.24, 2.45) is 5.92 Å². The van der Waals surface area contributed by atoms with Crippen molar-refractivity contribution in [3.8, 4) is 0 Å². The van der Waals surface area contributed by atoms with Gasteiger partial charge in [-0.2, -0.15) is 0 Å². The summed E-state index contributed by atoms with van der Waals surface area (Å²) in [6.07, 6.45) is 64.7. The molecular weight excluding hydrogens is 1280 g/mol. The molecule has 19 heteroatoms. The third kappa shape index (κ3) is 70.6. The van der Waals surface area contributed by atoms with Gasteiger partial charge in [0, 0.05) is 25.7 Å². The maximum atomic E-state index is 13.1. The molecule has 0 aromatic carbocycles.